The molecule has 1 fully saturated rings. The molecule has 0 amide bonds. The largest absolute Gasteiger partial charge is 0.465 e. The number of ether oxygens (including phenoxy) is 2. The second kappa shape index (κ2) is 16.6. The Balaban J connectivity index is 1.80. The smallest absolute Gasteiger partial charge is 0.459 e. The van der Waals surface area contributed by atoms with Gasteiger partial charge in [-0.3, -0.25) is 18.7 Å². The summed E-state index contributed by atoms with van der Waals surface area (Å²) in [7, 11) is -4.18. The van der Waals surface area contributed by atoms with E-state index in [1.807, 2.05) is 6.92 Å². The van der Waals surface area contributed by atoms with Crippen molar-refractivity contribution in [3.63, 3.8) is 0 Å². The molecule has 3 N–H and O–H groups in total. The maximum atomic E-state index is 14.1. The van der Waals surface area contributed by atoms with Gasteiger partial charge in [-0.05, 0) is 62.3 Å². The maximum absolute atomic E-state index is 14.1. The summed E-state index contributed by atoms with van der Waals surface area (Å²) in [5, 5.41) is 2.73. The number of hydrogen-bond donors (Lipinski definition) is 2. The molecule has 44 heavy (non-hydrogen) atoms. The molecule has 1 aromatic heterocycles. The van der Waals surface area contributed by atoms with Crippen LogP contribution < -0.4 is 21.0 Å². The van der Waals surface area contributed by atoms with E-state index in [2.05, 4.69) is 23.9 Å². The van der Waals surface area contributed by atoms with Gasteiger partial charge in [0.25, 0.3) is 0 Å². The molecule has 3 rings (SSSR count). The van der Waals surface area contributed by atoms with Crippen LogP contribution in [0, 0.1) is 11.3 Å². The lowest BCUT2D eigenvalue weighted by molar-refractivity contribution is -0.147. The zero-order valence-corrected chi connectivity index (χ0v) is 26.9. The van der Waals surface area contributed by atoms with E-state index in [0.29, 0.717) is 18.4 Å². The van der Waals surface area contributed by atoms with Gasteiger partial charge in [0, 0.05) is 18.8 Å². The summed E-state index contributed by atoms with van der Waals surface area (Å²) in [6, 6.07) is 8.92. The molecule has 1 heterocycles. The van der Waals surface area contributed by atoms with Crippen LogP contribution in [-0.2, 0) is 28.2 Å². The minimum atomic E-state index is -4.18. The highest BCUT2D eigenvalue weighted by atomic mass is 31.2. The molecule has 1 aliphatic rings. The number of carbonyl (C=O) groups excluding carboxylic acids is 2. The molecule has 2 unspecified atom stereocenters. The molecule has 0 saturated heterocycles. The quantitative estimate of drug-likeness (QED) is 0.152. The van der Waals surface area contributed by atoms with Crippen molar-refractivity contribution in [1.82, 2.24) is 14.6 Å². The number of benzene rings is 1. The molecular weight excluding hydrogens is 587 g/mol. The highest BCUT2D eigenvalue weighted by Gasteiger charge is 2.52. The topological polar surface area (TPSA) is 161 Å². The van der Waals surface area contributed by atoms with Crippen molar-refractivity contribution in [1.29, 1.82) is 0 Å². The molecule has 2 aromatic rings. The monoisotopic (exact) mass is 632 g/mol. The van der Waals surface area contributed by atoms with E-state index in [1.165, 1.54) is 23.8 Å². The van der Waals surface area contributed by atoms with E-state index in [0.717, 1.165) is 25.7 Å². The van der Waals surface area contributed by atoms with Crippen LogP contribution in [-0.4, -0.2) is 47.4 Å². The van der Waals surface area contributed by atoms with E-state index in [4.69, 9.17) is 24.3 Å². The minimum Gasteiger partial charge on any atom is -0.465 e. The van der Waals surface area contributed by atoms with E-state index >= 15 is 0 Å². The highest BCUT2D eigenvalue weighted by Crippen LogP contribution is 2.56. The first-order valence-electron chi connectivity index (χ1n) is 15.2. The van der Waals surface area contributed by atoms with Crippen LogP contribution in [0.1, 0.15) is 72.6 Å². The number of anilines is 1. The van der Waals surface area contributed by atoms with Gasteiger partial charge in [-0.1, -0.05) is 51.8 Å². The number of rotatable bonds is 19. The van der Waals surface area contributed by atoms with Crippen molar-refractivity contribution >= 4 is 31.7 Å². The summed E-state index contributed by atoms with van der Waals surface area (Å²) in [6.45, 7) is 7.60. The average molecular weight is 633 g/mol. The standard InChI is InChI=1S/C31H45N4O8P/c1-5-11-24(12-6-2)20-40-29(37)23(4)34-44(39,43-26-14-9-8-10-15-26)42-22-31(21-41-28(36)13-7-3)18-25(31)19-35-17-16-27(32)33-30(35)38/h8-10,14-17,19,23-24H,5-7,11-13,18,20-22H2,1-4H3,(H,34,39)(H2,32,33,38)/b25-19-/t23-,31?,44?/m0/s1. The fourth-order valence-corrected chi connectivity index (χ4v) is 6.26. The number of nitrogens with zero attached hydrogens (tertiary/aromatic N) is 2. The Morgan fingerprint density at radius 1 is 1.09 bits per heavy atom. The number of nitrogens with two attached hydrogens (primary N) is 1. The van der Waals surface area contributed by atoms with Gasteiger partial charge in [0.05, 0.1) is 18.6 Å². The van der Waals surface area contributed by atoms with E-state index < -0.39 is 30.9 Å². The predicted molar refractivity (Wildman–Crippen MR) is 168 cm³/mol. The van der Waals surface area contributed by atoms with Gasteiger partial charge >= 0.3 is 25.4 Å². The summed E-state index contributed by atoms with van der Waals surface area (Å²) in [4.78, 5) is 41.2. The summed E-state index contributed by atoms with van der Waals surface area (Å²) >= 11 is 0. The number of para-hydroxylation sites is 1. The third-order valence-corrected chi connectivity index (χ3v) is 8.86. The zero-order valence-electron chi connectivity index (χ0n) is 26.0. The van der Waals surface area contributed by atoms with Crippen LogP contribution >= 0.6 is 7.75 Å². The number of carbonyl (C=O) groups is 2. The van der Waals surface area contributed by atoms with Crippen LogP contribution in [0.4, 0.5) is 5.82 Å². The third kappa shape index (κ3) is 10.6. The average Bonchev–Trinajstić information content (AvgIpc) is 3.68. The Kier molecular flexibility index (Phi) is 13.2. The predicted octanol–water partition coefficient (Wildman–Crippen LogP) is 5.34. The molecule has 1 aliphatic carbocycles. The Morgan fingerprint density at radius 3 is 2.43 bits per heavy atom. The number of nitrogens with one attached hydrogen (secondary N) is 1. The zero-order chi connectivity index (χ0) is 32.2. The Bertz CT molecular complexity index is 1380. The second-order valence-corrected chi connectivity index (χ2v) is 12.9. The van der Waals surface area contributed by atoms with Crippen molar-refractivity contribution in [2.24, 2.45) is 11.3 Å². The molecule has 12 nitrogen and oxygen atoms in total. The summed E-state index contributed by atoms with van der Waals surface area (Å²) in [5.41, 5.74) is 4.87. The number of aromatic nitrogens is 2. The molecule has 0 radical (unpaired) electrons. The molecule has 13 heteroatoms. The van der Waals surface area contributed by atoms with E-state index in [1.54, 1.807) is 36.5 Å². The molecule has 3 atom stereocenters. The first-order valence-corrected chi connectivity index (χ1v) is 16.7. The highest BCUT2D eigenvalue weighted by molar-refractivity contribution is 7.52. The van der Waals surface area contributed by atoms with Gasteiger partial charge in [-0.2, -0.15) is 10.1 Å². The van der Waals surface area contributed by atoms with Crippen molar-refractivity contribution in [2.45, 2.75) is 78.7 Å². The fourth-order valence-electron chi connectivity index (χ4n) is 4.68. The lowest BCUT2D eigenvalue weighted by Gasteiger charge is -2.25. The molecule has 0 spiro atoms. The van der Waals surface area contributed by atoms with Crippen LogP contribution in [0.15, 0.2) is 53.0 Å². The van der Waals surface area contributed by atoms with Gasteiger partial charge < -0.3 is 19.7 Å². The first kappa shape index (κ1) is 35.0. The van der Waals surface area contributed by atoms with Crippen molar-refractivity contribution in [2.75, 3.05) is 25.6 Å². The van der Waals surface area contributed by atoms with Crippen molar-refractivity contribution < 1.29 is 32.7 Å². The van der Waals surface area contributed by atoms with E-state index in [9.17, 15) is 18.9 Å². The van der Waals surface area contributed by atoms with Gasteiger partial charge in [-0.25, -0.2) is 9.36 Å². The molecule has 0 aliphatic heterocycles. The molecular formula is C31H45N4O8P. The molecule has 1 aromatic carbocycles. The number of esters is 2. The summed E-state index contributed by atoms with van der Waals surface area (Å²) < 4.78 is 38.3. The Labute approximate surface area is 258 Å². The third-order valence-electron chi connectivity index (χ3n) is 7.24. The lowest BCUT2D eigenvalue weighted by atomic mass is 9.99. The Morgan fingerprint density at radius 2 is 1.80 bits per heavy atom. The van der Waals surface area contributed by atoms with Gasteiger partial charge in [0.2, 0.25) is 0 Å². The fraction of sp³-hybridized carbons (Fsp3) is 0.548. The SMILES string of the molecule is CCCC(=O)OCC1(COP(=O)(N[C@@H](C)C(=O)OCC(CCC)CCC)Oc2ccccc2)C/C1=C/n1ccc(N)nc1=O. The van der Waals surface area contributed by atoms with Crippen LogP contribution in [0.2, 0.25) is 0 Å². The molecule has 1 saturated carbocycles. The minimum absolute atomic E-state index is 0.0615. The van der Waals surface area contributed by atoms with Crippen molar-refractivity contribution in [3.05, 3.63) is 58.7 Å². The lowest BCUT2D eigenvalue weighted by Crippen LogP contribution is -2.36. The second-order valence-electron chi connectivity index (χ2n) is 11.2. The normalized spacial score (nSPS) is 18.9. The first-order chi connectivity index (χ1) is 21.0. The van der Waals surface area contributed by atoms with Gasteiger partial charge in [-0.15, -0.1) is 0 Å². The van der Waals surface area contributed by atoms with Crippen LogP contribution in [0.3, 0.4) is 0 Å². The van der Waals surface area contributed by atoms with E-state index in [-0.39, 0.29) is 49.7 Å². The van der Waals surface area contributed by atoms with Gasteiger partial charge in [0.1, 0.15) is 24.2 Å². The van der Waals surface area contributed by atoms with Crippen LogP contribution in [0.25, 0.3) is 6.20 Å². The maximum Gasteiger partial charge on any atom is 0.459 e. The number of nitrogen functional groups attached to an aromatic ring is 1. The molecule has 0 bridgehead atoms. The van der Waals surface area contributed by atoms with Crippen molar-refractivity contribution in [3.8, 4) is 5.75 Å². The number of hydrogen-bond acceptors (Lipinski definition) is 10. The Hall–Kier alpha value is -3.47. The van der Waals surface area contributed by atoms with Gasteiger partial charge in [0.15, 0.2) is 0 Å². The van der Waals surface area contributed by atoms with Crippen LogP contribution in [0.5, 0.6) is 5.75 Å². The molecule has 242 valence electrons. The summed E-state index contributed by atoms with van der Waals surface area (Å²) in [6.07, 6.45) is 8.17. The summed E-state index contributed by atoms with van der Waals surface area (Å²) in [5.74, 6) is -0.346.